The van der Waals surface area contributed by atoms with Crippen LogP contribution in [0.25, 0.3) is 0 Å². The molecule has 0 N–H and O–H groups in total. The average molecular weight is 220 g/mol. The second-order valence-electron chi connectivity index (χ2n) is 5.05. The summed E-state index contributed by atoms with van der Waals surface area (Å²) in [6.45, 7) is 9.16. The van der Waals surface area contributed by atoms with Crippen LogP contribution in [0.1, 0.15) is 26.5 Å². The van der Waals surface area contributed by atoms with Gasteiger partial charge in [-0.25, -0.2) is 0 Å². The van der Waals surface area contributed by atoms with Gasteiger partial charge in [0.15, 0.2) is 0 Å². The molecule has 0 aliphatic carbocycles. The molecule has 0 amide bonds. The Hall–Kier alpha value is -0.890. The molecule has 1 heterocycles. The van der Waals surface area contributed by atoms with Crippen molar-refractivity contribution in [2.45, 2.75) is 27.2 Å². The van der Waals surface area contributed by atoms with Crippen molar-refractivity contribution in [1.82, 2.24) is 9.88 Å². The maximum Gasteiger partial charge on any atom is 0.0416 e. The molecular formula is C14H24N2. The Bertz CT molecular complexity index is 282. The molecule has 2 nitrogen and oxygen atoms in total. The Morgan fingerprint density at radius 3 is 2.56 bits per heavy atom. The zero-order chi connectivity index (χ0) is 12.0. The van der Waals surface area contributed by atoms with Crippen LogP contribution in [0.4, 0.5) is 0 Å². The topological polar surface area (TPSA) is 16.1 Å². The predicted molar refractivity (Wildman–Crippen MR) is 69.4 cm³/mol. The van der Waals surface area contributed by atoms with E-state index < -0.39 is 0 Å². The van der Waals surface area contributed by atoms with E-state index in [0.717, 1.165) is 24.8 Å². The fourth-order valence-corrected chi connectivity index (χ4v) is 1.65. The lowest BCUT2D eigenvalue weighted by molar-refractivity contribution is 0.251. The van der Waals surface area contributed by atoms with Crippen molar-refractivity contribution in [3.8, 4) is 0 Å². The molecule has 0 fully saturated rings. The molecule has 0 saturated carbocycles. The van der Waals surface area contributed by atoms with Crippen LogP contribution >= 0.6 is 0 Å². The highest BCUT2D eigenvalue weighted by Gasteiger charge is 2.09. The Balaban J connectivity index is 2.28. The van der Waals surface area contributed by atoms with Gasteiger partial charge in [0.05, 0.1) is 0 Å². The highest BCUT2D eigenvalue weighted by molar-refractivity contribution is 5.03. The van der Waals surface area contributed by atoms with E-state index in [-0.39, 0.29) is 0 Å². The van der Waals surface area contributed by atoms with Crippen molar-refractivity contribution in [3.63, 3.8) is 0 Å². The molecule has 0 aliphatic rings. The Morgan fingerprint density at radius 2 is 2.00 bits per heavy atom. The average Bonchev–Trinajstić information content (AvgIpc) is 2.27. The summed E-state index contributed by atoms with van der Waals surface area (Å²) in [6, 6.07) is 6.12. The first-order valence-corrected chi connectivity index (χ1v) is 6.18. The summed E-state index contributed by atoms with van der Waals surface area (Å²) in [5.74, 6) is 1.52. The molecule has 0 spiro atoms. The van der Waals surface area contributed by atoms with Gasteiger partial charge >= 0.3 is 0 Å². The van der Waals surface area contributed by atoms with Crippen molar-refractivity contribution in [2.24, 2.45) is 11.8 Å². The molecular weight excluding hydrogens is 196 g/mol. The molecule has 1 aromatic rings. The quantitative estimate of drug-likeness (QED) is 0.733. The van der Waals surface area contributed by atoms with Crippen LogP contribution in [-0.2, 0) is 6.42 Å². The summed E-state index contributed by atoms with van der Waals surface area (Å²) in [6.07, 6.45) is 2.91. The van der Waals surface area contributed by atoms with E-state index in [1.807, 2.05) is 12.3 Å². The SMILES string of the molecule is CC(C)C(C)CN(C)CCc1ccccn1. The molecule has 1 atom stereocenters. The molecule has 1 rings (SSSR count). The second-order valence-corrected chi connectivity index (χ2v) is 5.05. The van der Waals surface area contributed by atoms with Crippen LogP contribution in [0, 0.1) is 11.8 Å². The van der Waals surface area contributed by atoms with Gasteiger partial charge < -0.3 is 4.90 Å². The molecule has 16 heavy (non-hydrogen) atoms. The molecule has 0 radical (unpaired) electrons. The van der Waals surface area contributed by atoms with Crippen LogP contribution in [0.2, 0.25) is 0 Å². The van der Waals surface area contributed by atoms with E-state index in [1.165, 1.54) is 12.2 Å². The zero-order valence-electron chi connectivity index (χ0n) is 11.0. The van der Waals surface area contributed by atoms with Crippen LogP contribution in [0.5, 0.6) is 0 Å². The third-order valence-electron chi connectivity index (χ3n) is 3.21. The fraction of sp³-hybridized carbons (Fsp3) is 0.643. The Kier molecular flexibility index (Phi) is 5.47. The lowest BCUT2D eigenvalue weighted by Gasteiger charge is -2.23. The van der Waals surface area contributed by atoms with Gasteiger partial charge in [0.1, 0.15) is 0 Å². The van der Waals surface area contributed by atoms with Crippen LogP contribution < -0.4 is 0 Å². The van der Waals surface area contributed by atoms with Gasteiger partial charge in [-0.05, 0) is 31.0 Å². The third kappa shape index (κ3) is 4.75. The third-order valence-corrected chi connectivity index (χ3v) is 3.21. The molecule has 2 heteroatoms. The van der Waals surface area contributed by atoms with Crippen molar-refractivity contribution >= 4 is 0 Å². The Labute approximate surface area is 99.7 Å². The normalized spacial score (nSPS) is 13.4. The first-order valence-electron chi connectivity index (χ1n) is 6.18. The first-order chi connectivity index (χ1) is 7.59. The standard InChI is InChI=1S/C14H24N2/c1-12(2)13(3)11-16(4)10-8-14-7-5-6-9-15-14/h5-7,9,12-13H,8,10-11H2,1-4H3. The molecule has 1 unspecified atom stereocenters. The van der Waals surface area contributed by atoms with Crippen molar-refractivity contribution < 1.29 is 0 Å². The largest absolute Gasteiger partial charge is 0.306 e. The van der Waals surface area contributed by atoms with Crippen molar-refractivity contribution in [2.75, 3.05) is 20.1 Å². The number of aromatic nitrogens is 1. The fourth-order valence-electron chi connectivity index (χ4n) is 1.65. The van der Waals surface area contributed by atoms with E-state index >= 15 is 0 Å². The maximum absolute atomic E-state index is 4.34. The van der Waals surface area contributed by atoms with Gasteiger partial charge in [0.25, 0.3) is 0 Å². The van der Waals surface area contributed by atoms with E-state index in [2.05, 4.69) is 49.8 Å². The molecule has 90 valence electrons. The summed E-state index contributed by atoms with van der Waals surface area (Å²) in [5, 5.41) is 0. The van der Waals surface area contributed by atoms with Gasteiger partial charge in [-0.3, -0.25) is 4.98 Å². The van der Waals surface area contributed by atoms with Crippen LogP contribution in [-0.4, -0.2) is 30.0 Å². The number of pyridine rings is 1. The summed E-state index contributed by atoms with van der Waals surface area (Å²) in [7, 11) is 2.20. The summed E-state index contributed by atoms with van der Waals surface area (Å²) < 4.78 is 0. The summed E-state index contributed by atoms with van der Waals surface area (Å²) >= 11 is 0. The minimum Gasteiger partial charge on any atom is -0.306 e. The highest BCUT2D eigenvalue weighted by atomic mass is 15.1. The van der Waals surface area contributed by atoms with Crippen LogP contribution in [0.3, 0.4) is 0 Å². The zero-order valence-corrected chi connectivity index (χ0v) is 11.0. The smallest absolute Gasteiger partial charge is 0.0416 e. The summed E-state index contributed by atoms with van der Waals surface area (Å²) in [5.41, 5.74) is 1.19. The molecule has 0 saturated heterocycles. The van der Waals surface area contributed by atoms with Gasteiger partial charge in [0.2, 0.25) is 0 Å². The molecule has 0 aliphatic heterocycles. The van der Waals surface area contributed by atoms with Crippen LogP contribution in [0.15, 0.2) is 24.4 Å². The summed E-state index contributed by atoms with van der Waals surface area (Å²) in [4.78, 5) is 6.74. The van der Waals surface area contributed by atoms with Crippen molar-refractivity contribution in [1.29, 1.82) is 0 Å². The van der Waals surface area contributed by atoms with Gasteiger partial charge in [-0.1, -0.05) is 26.8 Å². The van der Waals surface area contributed by atoms with Crippen molar-refractivity contribution in [3.05, 3.63) is 30.1 Å². The predicted octanol–water partition coefficient (Wildman–Crippen LogP) is 2.85. The lowest BCUT2D eigenvalue weighted by Crippen LogP contribution is -2.28. The number of hydrogen-bond acceptors (Lipinski definition) is 2. The number of hydrogen-bond donors (Lipinski definition) is 0. The monoisotopic (exact) mass is 220 g/mol. The number of rotatable bonds is 6. The minimum atomic E-state index is 0.758. The molecule has 1 aromatic heterocycles. The Morgan fingerprint density at radius 1 is 1.25 bits per heavy atom. The highest BCUT2D eigenvalue weighted by Crippen LogP contribution is 2.10. The number of nitrogens with zero attached hydrogens (tertiary/aromatic N) is 2. The van der Waals surface area contributed by atoms with E-state index in [9.17, 15) is 0 Å². The molecule has 0 aromatic carbocycles. The lowest BCUT2D eigenvalue weighted by atomic mass is 9.98. The van der Waals surface area contributed by atoms with E-state index in [4.69, 9.17) is 0 Å². The van der Waals surface area contributed by atoms with Gasteiger partial charge in [0, 0.05) is 31.4 Å². The van der Waals surface area contributed by atoms with Gasteiger partial charge in [-0.15, -0.1) is 0 Å². The van der Waals surface area contributed by atoms with E-state index in [1.54, 1.807) is 0 Å². The minimum absolute atomic E-state index is 0.758. The van der Waals surface area contributed by atoms with Gasteiger partial charge in [-0.2, -0.15) is 0 Å². The number of likely N-dealkylation sites (N-methyl/N-ethyl adjacent to an activating group) is 1. The van der Waals surface area contributed by atoms with E-state index in [0.29, 0.717) is 0 Å². The molecule has 0 bridgehead atoms. The first kappa shape index (κ1) is 13.2. The second kappa shape index (κ2) is 6.64. The maximum atomic E-state index is 4.34.